The van der Waals surface area contributed by atoms with E-state index in [1.54, 1.807) is 0 Å². The number of ether oxygens (including phenoxy) is 1. The third-order valence-corrected chi connectivity index (χ3v) is 1.78. The van der Waals surface area contributed by atoms with Gasteiger partial charge >= 0.3 is 6.09 Å². The van der Waals surface area contributed by atoms with Gasteiger partial charge in [0.05, 0.1) is 6.61 Å². The molecule has 0 radical (unpaired) electrons. The second-order valence-corrected chi connectivity index (χ2v) is 3.87. The Hall–Kier alpha value is -1.55. The number of amides is 1. The van der Waals surface area contributed by atoms with Crippen LogP contribution in [0.1, 0.15) is 19.4 Å². The SMILES string of the molecule is CC(C)CONC(=O)OCc1ccccc1. The maximum atomic E-state index is 11.1. The number of hydroxylamine groups is 1. The molecule has 0 atom stereocenters. The Bertz CT molecular complexity index is 311. The van der Waals surface area contributed by atoms with E-state index in [-0.39, 0.29) is 6.61 Å². The monoisotopic (exact) mass is 223 g/mol. The zero-order valence-corrected chi connectivity index (χ0v) is 9.60. The van der Waals surface area contributed by atoms with Crippen molar-refractivity contribution in [1.29, 1.82) is 0 Å². The quantitative estimate of drug-likeness (QED) is 0.780. The maximum Gasteiger partial charge on any atom is 0.431 e. The van der Waals surface area contributed by atoms with E-state index in [2.05, 4.69) is 5.48 Å². The third-order valence-electron chi connectivity index (χ3n) is 1.78. The fraction of sp³-hybridized carbons (Fsp3) is 0.417. The molecule has 0 saturated carbocycles. The molecular weight excluding hydrogens is 206 g/mol. The van der Waals surface area contributed by atoms with Crippen molar-refractivity contribution in [2.75, 3.05) is 6.61 Å². The van der Waals surface area contributed by atoms with Gasteiger partial charge in [0.25, 0.3) is 0 Å². The zero-order chi connectivity index (χ0) is 11.8. The number of carbonyl (C=O) groups excluding carboxylic acids is 1. The van der Waals surface area contributed by atoms with E-state index in [9.17, 15) is 4.79 Å². The lowest BCUT2D eigenvalue weighted by Gasteiger charge is -2.08. The van der Waals surface area contributed by atoms with E-state index in [1.165, 1.54) is 0 Å². The molecule has 0 aromatic heterocycles. The van der Waals surface area contributed by atoms with E-state index in [4.69, 9.17) is 9.57 Å². The van der Waals surface area contributed by atoms with Crippen molar-refractivity contribution < 1.29 is 14.4 Å². The summed E-state index contributed by atoms with van der Waals surface area (Å²) in [5.74, 6) is 0.370. The van der Waals surface area contributed by atoms with Crippen molar-refractivity contribution in [2.45, 2.75) is 20.5 Å². The summed E-state index contributed by atoms with van der Waals surface area (Å²) >= 11 is 0. The van der Waals surface area contributed by atoms with E-state index >= 15 is 0 Å². The first-order valence-electron chi connectivity index (χ1n) is 5.27. The van der Waals surface area contributed by atoms with Crippen LogP contribution in [0.25, 0.3) is 0 Å². The number of carbonyl (C=O) groups is 1. The topological polar surface area (TPSA) is 47.6 Å². The molecule has 1 aromatic carbocycles. The molecule has 0 unspecified atom stereocenters. The first kappa shape index (κ1) is 12.5. The highest BCUT2D eigenvalue weighted by atomic mass is 16.7. The molecule has 0 aliphatic carbocycles. The van der Waals surface area contributed by atoms with Crippen LogP contribution in [0.2, 0.25) is 0 Å². The van der Waals surface area contributed by atoms with Crippen molar-refractivity contribution in [2.24, 2.45) is 5.92 Å². The van der Waals surface area contributed by atoms with Crippen LogP contribution in [0.5, 0.6) is 0 Å². The van der Waals surface area contributed by atoms with Gasteiger partial charge in [0.15, 0.2) is 0 Å². The largest absolute Gasteiger partial charge is 0.443 e. The van der Waals surface area contributed by atoms with Crippen LogP contribution in [0.4, 0.5) is 4.79 Å². The average molecular weight is 223 g/mol. The van der Waals surface area contributed by atoms with Gasteiger partial charge in [-0.3, -0.25) is 4.84 Å². The molecule has 4 heteroatoms. The molecule has 0 saturated heterocycles. The Morgan fingerprint density at radius 1 is 1.31 bits per heavy atom. The summed E-state index contributed by atoms with van der Waals surface area (Å²) in [7, 11) is 0. The van der Waals surface area contributed by atoms with Gasteiger partial charge in [0, 0.05) is 0 Å². The van der Waals surface area contributed by atoms with Crippen LogP contribution < -0.4 is 5.48 Å². The first-order chi connectivity index (χ1) is 7.68. The molecule has 0 aliphatic heterocycles. The zero-order valence-electron chi connectivity index (χ0n) is 9.60. The molecule has 0 fully saturated rings. The van der Waals surface area contributed by atoms with Crippen LogP contribution >= 0.6 is 0 Å². The maximum absolute atomic E-state index is 11.1. The van der Waals surface area contributed by atoms with Crippen molar-refractivity contribution in [3.63, 3.8) is 0 Å². The van der Waals surface area contributed by atoms with E-state index in [1.807, 2.05) is 44.2 Å². The second kappa shape index (κ2) is 6.85. The van der Waals surface area contributed by atoms with E-state index < -0.39 is 6.09 Å². The Morgan fingerprint density at radius 3 is 2.62 bits per heavy atom. The molecule has 4 nitrogen and oxygen atoms in total. The van der Waals surface area contributed by atoms with Crippen LogP contribution in [0, 0.1) is 5.92 Å². The Balaban J connectivity index is 2.16. The molecule has 0 spiro atoms. The summed E-state index contributed by atoms with van der Waals surface area (Å²) in [6, 6.07) is 9.48. The number of rotatable bonds is 5. The smallest absolute Gasteiger partial charge is 0.431 e. The highest BCUT2D eigenvalue weighted by Crippen LogP contribution is 2.00. The molecule has 1 aromatic rings. The van der Waals surface area contributed by atoms with Gasteiger partial charge in [-0.25, -0.2) is 4.79 Å². The van der Waals surface area contributed by atoms with Gasteiger partial charge < -0.3 is 4.74 Å². The minimum Gasteiger partial charge on any atom is -0.443 e. The van der Waals surface area contributed by atoms with Crippen molar-refractivity contribution in [3.05, 3.63) is 35.9 Å². The van der Waals surface area contributed by atoms with Crippen LogP contribution in [-0.4, -0.2) is 12.7 Å². The predicted octanol–water partition coefficient (Wildman–Crippen LogP) is 2.50. The van der Waals surface area contributed by atoms with Gasteiger partial charge in [-0.1, -0.05) is 44.2 Å². The van der Waals surface area contributed by atoms with Crippen LogP contribution in [0.3, 0.4) is 0 Å². The highest BCUT2D eigenvalue weighted by molar-refractivity contribution is 5.65. The molecule has 88 valence electrons. The van der Waals surface area contributed by atoms with Gasteiger partial charge in [-0.2, -0.15) is 5.48 Å². The summed E-state index contributed by atoms with van der Waals surface area (Å²) in [6.07, 6.45) is -0.565. The lowest BCUT2D eigenvalue weighted by atomic mass is 10.2. The van der Waals surface area contributed by atoms with Crippen LogP contribution in [-0.2, 0) is 16.2 Å². The lowest BCUT2D eigenvalue weighted by Crippen LogP contribution is -2.26. The average Bonchev–Trinajstić information content (AvgIpc) is 2.27. The van der Waals surface area contributed by atoms with Gasteiger partial charge in [-0.15, -0.1) is 0 Å². The summed E-state index contributed by atoms with van der Waals surface area (Å²) in [6.45, 7) is 4.71. The number of nitrogens with one attached hydrogen (secondary N) is 1. The van der Waals surface area contributed by atoms with Crippen molar-refractivity contribution in [3.8, 4) is 0 Å². The summed E-state index contributed by atoms with van der Waals surface area (Å²) in [5, 5.41) is 0. The standard InChI is InChI=1S/C12H17NO3/c1-10(2)8-16-13-12(14)15-9-11-6-4-3-5-7-11/h3-7,10H,8-9H2,1-2H3,(H,13,14). The number of hydrogen-bond acceptors (Lipinski definition) is 3. The molecule has 0 bridgehead atoms. The van der Waals surface area contributed by atoms with Crippen molar-refractivity contribution >= 4 is 6.09 Å². The normalized spacial score (nSPS) is 10.2. The third kappa shape index (κ3) is 5.36. The molecule has 1 rings (SSSR count). The molecular formula is C12H17NO3. The predicted molar refractivity (Wildman–Crippen MR) is 60.6 cm³/mol. The molecule has 1 amide bonds. The number of benzene rings is 1. The van der Waals surface area contributed by atoms with Crippen molar-refractivity contribution in [1.82, 2.24) is 5.48 Å². The van der Waals surface area contributed by atoms with Crippen LogP contribution in [0.15, 0.2) is 30.3 Å². The fourth-order valence-corrected chi connectivity index (χ4v) is 1.02. The fourth-order valence-electron chi connectivity index (χ4n) is 1.02. The summed E-state index contributed by atoms with van der Waals surface area (Å²) in [4.78, 5) is 16.1. The van der Waals surface area contributed by atoms with E-state index in [0.29, 0.717) is 12.5 Å². The number of hydrogen-bond donors (Lipinski definition) is 1. The minimum absolute atomic E-state index is 0.248. The summed E-state index contributed by atoms with van der Waals surface area (Å²) < 4.78 is 4.93. The molecule has 0 aliphatic rings. The Morgan fingerprint density at radius 2 is 2.00 bits per heavy atom. The van der Waals surface area contributed by atoms with Gasteiger partial charge in [0.2, 0.25) is 0 Å². The van der Waals surface area contributed by atoms with Gasteiger partial charge in [0.1, 0.15) is 6.61 Å². The highest BCUT2D eigenvalue weighted by Gasteiger charge is 2.02. The second-order valence-electron chi connectivity index (χ2n) is 3.87. The van der Waals surface area contributed by atoms with E-state index in [0.717, 1.165) is 5.56 Å². The Labute approximate surface area is 95.5 Å². The Kier molecular flexibility index (Phi) is 5.36. The molecule has 16 heavy (non-hydrogen) atoms. The molecule has 1 N–H and O–H groups in total. The minimum atomic E-state index is -0.565. The molecule has 0 heterocycles. The summed E-state index contributed by atoms with van der Waals surface area (Å²) in [5.41, 5.74) is 3.17. The lowest BCUT2D eigenvalue weighted by molar-refractivity contribution is 0.0136. The van der Waals surface area contributed by atoms with Gasteiger partial charge in [-0.05, 0) is 11.5 Å². The first-order valence-corrected chi connectivity index (χ1v) is 5.27.